The van der Waals surface area contributed by atoms with E-state index in [1.165, 1.54) is 13.8 Å². The Balaban J connectivity index is 0. The summed E-state index contributed by atoms with van der Waals surface area (Å²) in [6, 6.07) is 0. The van der Waals surface area contributed by atoms with Crippen LogP contribution in [0.5, 0.6) is 0 Å². The van der Waals surface area contributed by atoms with Gasteiger partial charge in [-0.15, -0.1) is 0 Å². The first-order valence-corrected chi connectivity index (χ1v) is 1.00. The highest BCUT2D eigenvalue weighted by Gasteiger charge is 0.967. The predicted molar refractivity (Wildman–Crippen MR) is 17.8 cm³/mol. The van der Waals surface area contributed by atoms with E-state index in [0.717, 1.165) is 0 Å². The molecule has 22 valence electrons. The largest absolute Gasteiger partial charge is 0.0579 e. The Morgan fingerprint density at radius 2 is 0.750 bits per heavy atom. The first kappa shape index (κ1) is 9.00. The van der Waals surface area contributed by atoms with Gasteiger partial charge in [-0.1, -0.05) is 13.8 Å². The quantitative estimate of drug-likeness (QED) is 0.389. The topological polar surface area (TPSA) is 0 Å². The highest BCUT2D eigenvalue weighted by molar-refractivity contribution is 3.94. The van der Waals surface area contributed by atoms with Gasteiger partial charge in [0, 0.05) is 0 Å². The van der Waals surface area contributed by atoms with Crippen LogP contribution >= 0.6 is 0 Å². The van der Waals surface area contributed by atoms with E-state index in [1.54, 1.807) is 0 Å². The van der Waals surface area contributed by atoms with Crippen molar-refractivity contribution in [3.63, 3.8) is 0 Å². The van der Waals surface area contributed by atoms with Crippen molar-refractivity contribution in [3.05, 3.63) is 13.8 Å². The van der Waals surface area contributed by atoms with Crippen LogP contribution < -0.4 is 0 Å². The molecule has 0 saturated heterocycles. The second-order valence-corrected chi connectivity index (χ2v) is 0. The fourth-order valence-corrected chi connectivity index (χ4v) is 0. The third-order valence-corrected chi connectivity index (χ3v) is 0. The molecule has 0 bridgehead atoms. The summed E-state index contributed by atoms with van der Waals surface area (Å²) in [5.41, 5.74) is 0. The molecule has 0 unspecified atom stereocenters. The molecule has 0 spiro atoms. The number of hydrogen-bond acceptors (Lipinski definition) is 0. The second kappa shape index (κ2) is 0. The van der Waals surface area contributed by atoms with Crippen LogP contribution in [-0.4, -0.2) is 0 Å². The lowest BCUT2D eigenvalue weighted by Gasteiger charge is -1.04. The average molecular weight is 54.1 g/mol. The second-order valence-electron chi connectivity index (χ2n) is 0. The highest BCUT2D eigenvalue weighted by atomic mass is 13.0. The normalized spacial score (nSPS) is 3.00. The van der Waals surface area contributed by atoms with E-state index in [1.807, 2.05) is 0 Å². The molecule has 6 radical (unpaired) electrons. The number of hydrogen-bond donors (Lipinski definition) is 0. The van der Waals surface area contributed by atoms with E-state index in [0.29, 0.717) is 0 Å². The van der Waals surface area contributed by atoms with Crippen molar-refractivity contribution >= 4 is 0 Å². The van der Waals surface area contributed by atoms with E-state index in [-0.39, 0.29) is 0 Å². The smallest absolute Gasteiger partial charge is 0.0130 e. The Hall–Kier alpha value is 0. The molecule has 0 atom stereocenters. The van der Waals surface area contributed by atoms with Crippen molar-refractivity contribution in [2.75, 3.05) is 0 Å². The highest BCUT2D eigenvalue weighted by Crippen LogP contribution is 1.12. The van der Waals surface area contributed by atoms with Gasteiger partial charge in [-0.2, -0.15) is 0 Å². The molecular weight excluding hydrogens is 48.0 g/mol. The molecule has 0 amide bonds. The molecule has 0 N–H and O–H groups in total. The molecule has 0 aliphatic carbocycles. The van der Waals surface area contributed by atoms with Gasteiger partial charge in [0.15, 0.2) is 0 Å². The van der Waals surface area contributed by atoms with Crippen LogP contribution in [0, 0.1) is 13.8 Å². The van der Waals surface area contributed by atoms with Gasteiger partial charge in [0.25, 0.3) is 0 Å². The van der Waals surface area contributed by atoms with Crippen molar-refractivity contribution in [2.24, 2.45) is 0 Å². The molecular formula is C4H6. The summed E-state index contributed by atoms with van der Waals surface area (Å²) in [5.74, 6) is 0. The molecule has 0 aliphatic heterocycles. The molecule has 0 heteroatoms. The van der Waals surface area contributed by atoms with Crippen molar-refractivity contribution in [2.45, 2.75) is 13.8 Å². The molecule has 0 aromatic rings. The molecule has 0 aromatic heterocycles. The fourth-order valence-electron chi connectivity index (χ4n) is 0. The van der Waals surface area contributed by atoms with Crippen LogP contribution in [-0.2, 0) is 0 Å². The van der Waals surface area contributed by atoms with Crippen molar-refractivity contribution in [1.82, 2.24) is 0 Å². The average Bonchev–Trinajstić information content (AvgIpc) is 1.50. The molecule has 0 saturated carbocycles. The third kappa shape index (κ3) is 0. The van der Waals surface area contributed by atoms with Gasteiger partial charge in [-0.25, -0.2) is 0 Å². The summed E-state index contributed by atoms with van der Waals surface area (Å²) in [4.78, 5) is 0. The lowest BCUT2D eigenvalue weighted by molar-refractivity contribution is 1.81. The van der Waals surface area contributed by atoms with Crippen LogP contribution in [0.2, 0.25) is 0 Å². The lowest BCUT2D eigenvalue weighted by atomic mass is 11.0. The Bertz CT molecular complexity index is 0. The zero-order valence-electron chi connectivity index (χ0n) is 3.00. The molecule has 0 aromatic carbocycles. The molecule has 0 rings (SSSR count). The standard InChI is InChI=1S/2C2H3/c2*1-2/h2*1H3. The van der Waals surface area contributed by atoms with E-state index < -0.39 is 0 Å². The summed E-state index contributed by atoms with van der Waals surface area (Å²) < 4.78 is 0. The minimum atomic E-state index is 1.25. The monoisotopic (exact) mass is 54.0 g/mol. The van der Waals surface area contributed by atoms with Gasteiger partial charge in [-0.05, 0) is 13.8 Å². The first-order valence-electron chi connectivity index (χ1n) is 1.00. The zero-order valence-corrected chi connectivity index (χ0v) is 3.00. The maximum atomic E-state index is 5.75. The Morgan fingerprint density at radius 3 is 0.750 bits per heavy atom. The van der Waals surface area contributed by atoms with Crippen molar-refractivity contribution in [1.29, 1.82) is 0 Å². The van der Waals surface area contributed by atoms with Gasteiger partial charge in [0.1, 0.15) is 0 Å². The van der Waals surface area contributed by atoms with Crippen molar-refractivity contribution in [3.8, 4) is 0 Å². The third-order valence-electron chi connectivity index (χ3n) is 0. The fraction of sp³-hybridized carbons (Fsp3) is 0.500. The first-order chi connectivity index (χ1) is 2.00. The van der Waals surface area contributed by atoms with E-state index >= 15 is 0 Å². The summed E-state index contributed by atoms with van der Waals surface area (Å²) in [6.45, 7) is 14.0. The van der Waals surface area contributed by atoms with Gasteiger partial charge in [0.2, 0.25) is 0 Å². The van der Waals surface area contributed by atoms with Gasteiger partial charge in [-0.3, -0.25) is 0 Å². The maximum Gasteiger partial charge on any atom is -0.0130 e. The maximum absolute atomic E-state index is 5.75. The summed E-state index contributed by atoms with van der Waals surface area (Å²) in [7, 11) is 0. The van der Waals surface area contributed by atoms with Crippen LogP contribution in [0.25, 0.3) is 0 Å². The lowest BCUT2D eigenvalue weighted by Crippen LogP contribution is -0.888. The Kier molecular flexibility index (Phi) is 0. The summed E-state index contributed by atoms with van der Waals surface area (Å²) in [5, 5.41) is 0. The van der Waals surface area contributed by atoms with Gasteiger partial charge in [0.05, 0.1) is 0 Å². The summed E-state index contributed by atoms with van der Waals surface area (Å²) in [6.07, 6.45) is 0. The SMILES string of the molecule is [C]C.[C]C. The van der Waals surface area contributed by atoms with Crippen LogP contribution in [0.3, 0.4) is 0 Å². The molecule has 0 nitrogen and oxygen atoms in total. The molecule has 0 heterocycles. The van der Waals surface area contributed by atoms with Crippen LogP contribution in [0.15, 0.2) is 0 Å². The van der Waals surface area contributed by atoms with E-state index in [9.17, 15) is 0 Å². The van der Waals surface area contributed by atoms with Crippen molar-refractivity contribution < 1.29 is 0 Å². The Labute approximate surface area is 28.8 Å². The van der Waals surface area contributed by atoms with Gasteiger partial charge < -0.3 is 0 Å². The molecule has 0 aliphatic rings. The molecule has 0 fully saturated rings. The van der Waals surface area contributed by atoms with Crippen LogP contribution in [0.1, 0.15) is 13.8 Å². The number of rotatable bonds is 0. The summed E-state index contributed by atoms with van der Waals surface area (Å²) >= 11 is 0. The molecule has 4 heavy (non-hydrogen) atoms. The van der Waals surface area contributed by atoms with E-state index in [4.69, 9.17) is 13.8 Å². The minimum Gasteiger partial charge on any atom is -0.0579 e. The van der Waals surface area contributed by atoms with E-state index in [2.05, 4.69) is 0 Å². The van der Waals surface area contributed by atoms with Crippen LogP contribution in [0.4, 0.5) is 0 Å². The predicted octanol–water partition coefficient (Wildman–Crippen LogP) is 1.19. The zero-order chi connectivity index (χ0) is 4.00. The minimum absolute atomic E-state index is 1.25. The Morgan fingerprint density at radius 1 is 0.750 bits per heavy atom. The van der Waals surface area contributed by atoms with Gasteiger partial charge >= 0.3 is 0 Å².